The highest BCUT2D eigenvalue weighted by Gasteiger charge is 2.18. The van der Waals surface area contributed by atoms with E-state index >= 15 is 0 Å². The van der Waals surface area contributed by atoms with E-state index in [2.05, 4.69) is 110 Å². The molecule has 0 amide bonds. The Morgan fingerprint density at radius 3 is 0.924 bits per heavy atom. The fraction of sp³-hybridized carbons (Fsp3) is 0.448. The summed E-state index contributed by atoms with van der Waals surface area (Å²) < 4.78 is 13.4. The van der Waals surface area contributed by atoms with Gasteiger partial charge in [-0.3, -0.25) is 0 Å². The predicted octanol–water partition coefficient (Wildman–Crippen LogP) is 16.9. The van der Waals surface area contributed by atoms with Gasteiger partial charge < -0.3 is 19.4 Å². The van der Waals surface area contributed by atoms with Crippen LogP contribution in [0.25, 0.3) is 87.7 Å². The van der Waals surface area contributed by atoms with Crippen LogP contribution in [0.1, 0.15) is 153 Å². The molecule has 2 N–H and O–H groups in total. The van der Waals surface area contributed by atoms with Crippen molar-refractivity contribution >= 4 is 87.7 Å². The first-order chi connectivity index (χ1) is 32.5. The Bertz CT molecular complexity index is 2920. The number of hydrogen-bond acceptors (Lipinski definition) is 6. The summed E-state index contributed by atoms with van der Waals surface area (Å²) in [6.45, 7) is 10.3. The number of aromatic amines is 2. The first kappa shape index (κ1) is 45.4. The highest BCUT2D eigenvalue weighted by molar-refractivity contribution is 6.12. The van der Waals surface area contributed by atoms with Crippen molar-refractivity contribution in [2.24, 2.45) is 0 Å². The number of unbranched alkanes of at least 4 members (excludes halogenated alkanes) is 18. The third-order valence-electron chi connectivity index (χ3n) is 14.0. The molecule has 0 unspecified atom stereocenters. The minimum absolute atomic E-state index is 0.684. The van der Waals surface area contributed by atoms with Gasteiger partial charge in [0.25, 0.3) is 0 Å². The van der Waals surface area contributed by atoms with Crippen LogP contribution in [0, 0.1) is 13.8 Å². The van der Waals surface area contributed by atoms with Crippen LogP contribution in [0.15, 0.2) is 72.8 Å². The molecular formula is C58H70N6O2. The van der Waals surface area contributed by atoms with Gasteiger partial charge in [0.2, 0.25) is 0 Å². The molecule has 9 rings (SSSR count). The van der Waals surface area contributed by atoms with Crippen LogP contribution in [-0.2, 0) is 0 Å². The van der Waals surface area contributed by atoms with Crippen molar-refractivity contribution < 1.29 is 9.47 Å². The summed E-state index contributed by atoms with van der Waals surface area (Å²) in [5.74, 6) is 1.80. The molecule has 9 aromatic rings. The average Bonchev–Trinajstić information content (AvgIpc) is 4.05. The fourth-order valence-corrected chi connectivity index (χ4v) is 10.1. The van der Waals surface area contributed by atoms with E-state index in [4.69, 9.17) is 29.4 Å². The third-order valence-corrected chi connectivity index (χ3v) is 14.0. The van der Waals surface area contributed by atoms with E-state index in [1.807, 2.05) is 0 Å². The molecule has 0 aliphatic carbocycles. The van der Waals surface area contributed by atoms with Crippen molar-refractivity contribution in [1.29, 1.82) is 0 Å². The lowest BCUT2D eigenvalue weighted by Gasteiger charge is -2.15. The number of hydrogen-bond donors (Lipinski definition) is 2. The lowest BCUT2D eigenvalue weighted by molar-refractivity contribution is 0.306. The second-order valence-electron chi connectivity index (χ2n) is 18.9. The lowest BCUT2D eigenvalue weighted by atomic mass is 10.0. The van der Waals surface area contributed by atoms with Gasteiger partial charge >= 0.3 is 0 Å². The standard InChI is InChI=1S/C58H70N6O2/c1-5-7-9-11-13-15-17-19-21-23-37-65-57-39(3)41-25-29-49-45-33-34-46(59-45)50-30-26-42-40(4)58(66-38-24-22-20-18-16-14-12-10-8-6-2)44-28-32-52(64-56(44)54(42)62-50)48-36-35-47(60-48)51-31-27-43(57)55(63-51)53(41)61-49/h25-36,59-60H,5-24,37-38H2,1-4H3. The quantitative estimate of drug-likeness (QED) is 0.0463. The molecule has 0 saturated heterocycles. The zero-order valence-corrected chi connectivity index (χ0v) is 40.1. The highest BCUT2D eigenvalue weighted by Crippen LogP contribution is 2.39. The number of benzene rings is 2. The normalized spacial score (nSPS) is 12.1. The van der Waals surface area contributed by atoms with Gasteiger partial charge in [-0.1, -0.05) is 142 Å². The smallest absolute Gasteiger partial charge is 0.132 e. The summed E-state index contributed by atoms with van der Waals surface area (Å²) in [6.07, 6.45) is 25.9. The molecule has 7 heterocycles. The number of rotatable bonds is 24. The molecule has 0 saturated carbocycles. The summed E-state index contributed by atoms with van der Waals surface area (Å²) in [7, 11) is 0. The number of aryl methyl sites for hydroxylation is 2. The fourth-order valence-electron chi connectivity index (χ4n) is 10.1. The minimum atomic E-state index is 0.684. The van der Waals surface area contributed by atoms with Crippen LogP contribution in [0.4, 0.5) is 0 Å². The van der Waals surface area contributed by atoms with Crippen molar-refractivity contribution in [3.05, 3.63) is 83.9 Å². The Morgan fingerprint density at radius 2 is 0.606 bits per heavy atom. The highest BCUT2D eigenvalue weighted by atomic mass is 16.5. The zero-order valence-electron chi connectivity index (χ0n) is 40.1. The number of ether oxygens (including phenoxy) is 2. The summed E-state index contributed by atoms with van der Waals surface area (Å²) >= 11 is 0. The molecule has 8 heteroatoms. The lowest BCUT2D eigenvalue weighted by Crippen LogP contribution is -2.02. The third kappa shape index (κ3) is 9.99. The molecule has 0 fully saturated rings. The van der Waals surface area contributed by atoms with E-state index in [9.17, 15) is 0 Å². The summed E-state index contributed by atoms with van der Waals surface area (Å²) in [5, 5.41) is 4.06. The molecule has 0 spiro atoms. The van der Waals surface area contributed by atoms with Crippen LogP contribution in [0.2, 0.25) is 0 Å². The van der Waals surface area contributed by atoms with Gasteiger partial charge in [-0.2, -0.15) is 0 Å². The number of aromatic nitrogens is 6. The van der Waals surface area contributed by atoms with Crippen LogP contribution < -0.4 is 9.47 Å². The number of fused-ring (bicyclic) bond motifs is 12. The van der Waals surface area contributed by atoms with Gasteiger partial charge in [-0.25, -0.2) is 19.9 Å². The summed E-state index contributed by atoms with van der Waals surface area (Å²) in [6, 6.07) is 25.5. The van der Waals surface area contributed by atoms with Gasteiger partial charge in [0.1, 0.15) is 22.5 Å². The molecular weight excluding hydrogens is 813 g/mol. The number of nitrogens with one attached hydrogen (secondary N) is 2. The molecule has 2 aromatic carbocycles. The van der Waals surface area contributed by atoms with E-state index in [0.29, 0.717) is 13.2 Å². The Kier molecular flexibility index (Phi) is 14.9. The monoisotopic (exact) mass is 883 g/mol. The first-order valence-electron chi connectivity index (χ1n) is 25.7. The topological polar surface area (TPSA) is 102 Å². The molecule has 66 heavy (non-hydrogen) atoms. The average molecular weight is 883 g/mol. The summed E-state index contributed by atoms with van der Waals surface area (Å²) in [5.41, 5.74) is 12.6. The Balaban J connectivity index is 1.06. The predicted molar refractivity (Wildman–Crippen MR) is 279 cm³/mol. The van der Waals surface area contributed by atoms with Gasteiger partial charge in [-0.05, 0) is 87.4 Å². The van der Waals surface area contributed by atoms with E-state index in [0.717, 1.165) is 123 Å². The number of nitrogens with zero attached hydrogens (tertiary/aromatic N) is 4. The van der Waals surface area contributed by atoms with Crippen molar-refractivity contribution in [2.75, 3.05) is 13.2 Å². The molecule has 344 valence electrons. The Hall–Kier alpha value is -5.76. The maximum Gasteiger partial charge on any atom is 0.132 e. The van der Waals surface area contributed by atoms with Crippen molar-refractivity contribution in [2.45, 2.75) is 156 Å². The molecule has 7 aromatic heterocycles. The maximum atomic E-state index is 6.69. The van der Waals surface area contributed by atoms with Gasteiger partial charge in [0.05, 0.1) is 68.4 Å². The van der Waals surface area contributed by atoms with Crippen LogP contribution in [0.3, 0.4) is 0 Å². The molecule has 8 nitrogen and oxygen atoms in total. The van der Waals surface area contributed by atoms with Gasteiger partial charge in [0.15, 0.2) is 0 Å². The van der Waals surface area contributed by atoms with Crippen molar-refractivity contribution in [1.82, 2.24) is 29.9 Å². The van der Waals surface area contributed by atoms with Crippen LogP contribution in [-0.4, -0.2) is 43.1 Å². The van der Waals surface area contributed by atoms with Crippen molar-refractivity contribution in [3.8, 4) is 11.5 Å². The number of H-pyrrole nitrogens is 2. The molecule has 0 aliphatic heterocycles. The second-order valence-corrected chi connectivity index (χ2v) is 18.9. The Labute approximate surface area is 390 Å². The zero-order chi connectivity index (χ0) is 45.2. The molecule has 0 aliphatic rings. The van der Waals surface area contributed by atoms with E-state index < -0.39 is 0 Å². The van der Waals surface area contributed by atoms with Crippen LogP contribution in [0.5, 0.6) is 11.5 Å². The van der Waals surface area contributed by atoms with E-state index in [1.165, 1.54) is 116 Å². The van der Waals surface area contributed by atoms with Gasteiger partial charge in [-0.15, -0.1) is 0 Å². The van der Waals surface area contributed by atoms with Gasteiger partial charge in [0, 0.05) is 32.7 Å². The van der Waals surface area contributed by atoms with E-state index in [-0.39, 0.29) is 0 Å². The molecule has 0 atom stereocenters. The maximum absolute atomic E-state index is 6.69. The number of pyridine rings is 4. The molecule has 0 radical (unpaired) electrons. The largest absolute Gasteiger partial charge is 0.493 e. The van der Waals surface area contributed by atoms with E-state index in [1.54, 1.807) is 0 Å². The van der Waals surface area contributed by atoms with Crippen molar-refractivity contribution in [3.63, 3.8) is 0 Å². The first-order valence-corrected chi connectivity index (χ1v) is 25.7. The Morgan fingerprint density at radius 1 is 0.333 bits per heavy atom. The molecule has 12 bridgehead atoms. The minimum Gasteiger partial charge on any atom is -0.493 e. The SMILES string of the molecule is CCCCCCCCCCCCOc1c(C)c2ccc3nc2c2nc(ccc12)c1ccc([nH]1)c1ccc2c(OCCCCCCCCCCCC)c(C)c4ccc(nc4c2n1)c1ccc3[nH]1. The summed E-state index contributed by atoms with van der Waals surface area (Å²) in [4.78, 5) is 28.8. The van der Waals surface area contributed by atoms with Crippen LogP contribution >= 0.6 is 0 Å². The second kappa shape index (κ2) is 21.7.